The second kappa shape index (κ2) is 10.9. The fraction of sp³-hybridized carbons (Fsp3) is 0.800. The van der Waals surface area contributed by atoms with Crippen LogP contribution in [0.3, 0.4) is 0 Å². The molecular weight excluding hydrogens is 196 g/mol. The van der Waals surface area contributed by atoms with Crippen molar-refractivity contribution in [3.63, 3.8) is 0 Å². The summed E-state index contributed by atoms with van der Waals surface area (Å²) in [5, 5.41) is 0. The van der Waals surface area contributed by atoms with Gasteiger partial charge in [0.1, 0.15) is 5.78 Å². The lowest BCUT2D eigenvalue weighted by Crippen LogP contribution is -1.88. The van der Waals surface area contributed by atoms with Crippen LogP contribution in [0.5, 0.6) is 0 Å². The number of carbonyl (C=O) groups excluding carboxylic acids is 1. The molecule has 0 fully saturated rings. The first-order chi connectivity index (χ1) is 7.63. The quantitative estimate of drug-likeness (QED) is 0.381. The molecule has 0 aromatic rings. The highest BCUT2D eigenvalue weighted by Gasteiger charge is 1.93. The molecule has 0 saturated heterocycles. The molecule has 16 heavy (non-hydrogen) atoms. The minimum absolute atomic E-state index is 0.323. The lowest BCUT2D eigenvalue weighted by atomic mass is 10.1. The van der Waals surface area contributed by atoms with Crippen molar-refractivity contribution in [2.75, 3.05) is 0 Å². The highest BCUT2D eigenvalue weighted by molar-refractivity contribution is 5.75. The van der Waals surface area contributed by atoms with Crippen LogP contribution >= 0.6 is 0 Å². The Morgan fingerprint density at radius 2 is 1.62 bits per heavy atom. The molecule has 0 radical (unpaired) electrons. The van der Waals surface area contributed by atoms with Crippen LogP contribution in [-0.2, 0) is 4.79 Å². The molecule has 0 saturated carbocycles. The van der Waals surface area contributed by atoms with Crippen molar-refractivity contribution in [2.45, 2.75) is 72.1 Å². The number of hydrogen-bond acceptors (Lipinski definition) is 1. The maximum Gasteiger partial charge on any atom is 0.129 e. The second-order valence-electron chi connectivity index (χ2n) is 5.10. The third kappa shape index (κ3) is 13.4. The zero-order valence-electron chi connectivity index (χ0n) is 11.3. The van der Waals surface area contributed by atoms with E-state index in [1.165, 1.54) is 38.5 Å². The van der Waals surface area contributed by atoms with Crippen LogP contribution in [0.4, 0.5) is 0 Å². The third-order valence-electron chi connectivity index (χ3n) is 2.72. The lowest BCUT2D eigenvalue weighted by molar-refractivity contribution is -0.117. The molecule has 0 aromatic carbocycles. The van der Waals surface area contributed by atoms with Crippen molar-refractivity contribution in [3.8, 4) is 0 Å². The van der Waals surface area contributed by atoms with Crippen LogP contribution in [0.15, 0.2) is 12.2 Å². The number of Topliss-reactive ketones (excluding diaryl/α,β-unsaturated/α-hetero) is 1. The average molecular weight is 224 g/mol. The summed E-state index contributed by atoms with van der Waals surface area (Å²) in [6, 6.07) is 0. The number of rotatable bonds is 10. The van der Waals surface area contributed by atoms with Gasteiger partial charge >= 0.3 is 0 Å². The Kier molecular flexibility index (Phi) is 10.5. The lowest BCUT2D eigenvalue weighted by Gasteiger charge is -2.00. The van der Waals surface area contributed by atoms with Gasteiger partial charge in [-0.15, -0.1) is 0 Å². The van der Waals surface area contributed by atoms with Gasteiger partial charge in [-0.2, -0.15) is 0 Å². The van der Waals surface area contributed by atoms with E-state index in [-0.39, 0.29) is 0 Å². The summed E-state index contributed by atoms with van der Waals surface area (Å²) in [5.74, 6) is 1.16. The fourth-order valence-electron chi connectivity index (χ4n) is 1.69. The Balaban J connectivity index is 3.12. The first-order valence-corrected chi connectivity index (χ1v) is 6.77. The van der Waals surface area contributed by atoms with E-state index in [1.807, 2.05) is 0 Å². The van der Waals surface area contributed by atoms with E-state index in [9.17, 15) is 4.79 Å². The zero-order valence-corrected chi connectivity index (χ0v) is 11.3. The Hall–Kier alpha value is -0.590. The molecule has 0 aliphatic rings. The van der Waals surface area contributed by atoms with Crippen molar-refractivity contribution in [1.82, 2.24) is 0 Å². The Bertz CT molecular complexity index is 192. The fourth-order valence-corrected chi connectivity index (χ4v) is 1.69. The molecule has 0 amide bonds. The molecule has 0 aromatic heterocycles. The molecule has 0 rings (SSSR count). The van der Waals surface area contributed by atoms with Gasteiger partial charge in [0.05, 0.1) is 0 Å². The number of carbonyl (C=O) groups is 1. The maximum atomic E-state index is 10.7. The molecule has 94 valence electrons. The van der Waals surface area contributed by atoms with Crippen molar-refractivity contribution < 1.29 is 4.79 Å². The van der Waals surface area contributed by atoms with Gasteiger partial charge in [-0.05, 0) is 44.9 Å². The molecule has 0 heterocycles. The minimum atomic E-state index is 0.323. The topological polar surface area (TPSA) is 17.1 Å². The molecule has 0 unspecified atom stereocenters. The van der Waals surface area contributed by atoms with Crippen molar-refractivity contribution >= 4 is 5.78 Å². The van der Waals surface area contributed by atoms with Crippen LogP contribution in [0.2, 0.25) is 0 Å². The van der Waals surface area contributed by atoms with E-state index >= 15 is 0 Å². The number of unbranched alkanes of at least 4 members (excludes halogenated alkanes) is 4. The Morgan fingerprint density at radius 3 is 2.19 bits per heavy atom. The van der Waals surface area contributed by atoms with Gasteiger partial charge in [-0.1, -0.05) is 38.8 Å². The van der Waals surface area contributed by atoms with Gasteiger partial charge in [0.2, 0.25) is 0 Å². The molecular formula is C15H28O. The standard InChI is InChI=1S/C15H28O/c1-14(2)12-10-8-6-4-5-7-9-11-13-15(3)16/h4,6,14H,5,7-13H2,1-3H3. The normalized spacial score (nSPS) is 11.5. The summed E-state index contributed by atoms with van der Waals surface area (Å²) in [6.07, 6.45) is 13.9. The van der Waals surface area contributed by atoms with Crippen molar-refractivity contribution in [2.24, 2.45) is 5.92 Å². The van der Waals surface area contributed by atoms with Crippen LogP contribution < -0.4 is 0 Å². The number of hydrogen-bond donors (Lipinski definition) is 0. The summed E-state index contributed by atoms with van der Waals surface area (Å²) in [5.41, 5.74) is 0. The SMILES string of the molecule is CC(=O)CCCCCC=CCCCC(C)C. The first kappa shape index (κ1) is 15.4. The molecule has 0 aliphatic carbocycles. The van der Waals surface area contributed by atoms with E-state index in [0.717, 1.165) is 18.8 Å². The second-order valence-corrected chi connectivity index (χ2v) is 5.10. The molecule has 0 spiro atoms. The Morgan fingerprint density at radius 1 is 1.00 bits per heavy atom. The summed E-state index contributed by atoms with van der Waals surface area (Å²) < 4.78 is 0. The van der Waals surface area contributed by atoms with Crippen LogP contribution in [0, 0.1) is 5.92 Å². The van der Waals surface area contributed by atoms with Gasteiger partial charge in [0.25, 0.3) is 0 Å². The predicted molar refractivity (Wildman–Crippen MR) is 71.6 cm³/mol. The van der Waals surface area contributed by atoms with Crippen LogP contribution in [-0.4, -0.2) is 5.78 Å². The average Bonchev–Trinajstić information content (AvgIpc) is 2.20. The maximum absolute atomic E-state index is 10.7. The number of ketones is 1. The summed E-state index contributed by atoms with van der Waals surface area (Å²) in [4.78, 5) is 10.7. The minimum Gasteiger partial charge on any atom is -0.300 e. The largest absolute Gasteiger partial charge is 0.300 e. The zero-order chi connectivity index (χ0) is 12.2. The van der Waals surface area contributed by atoms with E-state index in [1.54, 1.807) is 6.92 Å². The summed E-state index contributed by atoms with van der Waals surface area (Å²) >= 11 is 0. The molecule has 0 atom stereocenters. The van der Waals surface area contributed by atoms with Crippen molar-refractivity contribution in [1.29, 1.82) is 0 Å². The van der Waals surface area contributed by atoms with E-state index < -0.39 is 0 Å². The Labute approximate surface area is 101 Å². The van der Waals surface area contributed by atoms with Crippen LogP contribution in [0.25, 0.3) is 0 Å². The third-order valence-corrected chi connectivity index (χ3v) is 2.72. The van der Waals surface area contributed by atoms with E-state index in [4.69, 9.17) is 0 Å². The van der Waals surface area contributed by atoms with Gasteiger partial charge in [0, 0.05) is 6.42 Å². The molecule has 0 bridgehead atoms. The van der Waals surface area contributed by atoms with Gasteiger partial charge in [-0.25, -0.2) is 0 Å². The highest BCUT2D eigenvalue weighted by atomic mass is 16.1. The summed E-state index contributed by atoms with van der Waals surface area (Å²) in [6.45, 7) is 6.23. The number of allylic oxidation sites excluding steroid dienone is 2. The smallest absolute Gasteiger partial charge is 0.129 e. The molecule has 1 heteroatoms. The van der Waals surface area contributed by atoms with Gasteiger partial charge in [0.15, 0.2) is 0 Å². The van der Waals surface area contributed by atoms with E-state index in [0.29, 0.717) is 5.78 Å². The molecule has 0 N–H and O–H groups in total. The van der Waals surface area contributed by atoms with Crippen molar-refractivity contribution in [3.05, 3.63) is 12.2 Å². The first-order valence-electron chi connectivity index (χ1n) is 6.77. The van der Waals surface area contributed by atoms with Crippen LogP contribution in [0.1, 0.15) is 72.1 Å². The molecule has 1 nitrogen and oxygen atoms in total. The van der Waals surface area contributed by atoms with Gasteiger partial charge in [-0.3, -0.25) is 0 Å². The molecule has 0 aliphatic heterocycles. The van der Waals surface area contributed by atoms with Gasteiger partial charge < -0.3 is 4.79 Å². The van der Waals surface area contributed by atoms with E-state index in [2.05, 4.69) is 26.0 Å². The summed E-state index contributed by atoms with van der Waals surface area (Å²) in [7, 11) is 0. The predicted octanol–water partition coefficient (Wildman–Crippen LogP) is 4.91. The monoisotopic (exact) mass is 224 g/mol. The highest BCUT2D eigenvalue weighted by Crippen LogP contribution is 2.08.